The summed E-state index contributed by atoms with van der Waals surface area (Å²) in [6, 6.07) is 30.9. The van der Waals surface area contributed by atoms with Gasteiger partial charge in [-0.2, -0.15) is 0 Å². The van der Waals surface area contributed by atoms with E-state index in [1.165, 1.54) is 0 Å². The molecule has 0 unspecified atom stereocenters. The zero-order chi connectivity index (χ0) is 37.2. The molecule has 270 valence electrons. The summed E-state index contributed by atoms with van der Waals surface area (Å²) in [6.07, 6.45) is 0.451. The summed E-state index contributed by atoms with van der Waals surface area (Å²) in [5.74, 6) is 3.14. The van der Waals surface area contributed by atoms with Crippen molar-refractivity contribution < 1.29 is 19.4 Å². The second-order valence-corrected chi connectivity index (χ2v) is 14.7. The Bertz CT molecular complexity index is 2470. The molecule has 7 aromatic rings. The predicted molar refractivity (Wildman–Crippen MR) is 212 cm³/mol. The maximum absolute atomic E-state index is 13.4. The van der Waals surface area contributed by atoms with E-state index in [4.69, 9.17) is 14.5 Å². The molecule has 0 aliphatic carbocycles. The number of ether oxygens (including phenoxy) is 2. The van der Waals surface area contributed by atoms with Crippen LogP contribution in [0.3, 0.4) is 0 Å². The van der Waals surface area contributed by atoms with Gasteiger partial charge in [0.15, 0.2) is 0 Å². The highest BCUT2D eigenvalue weighted by Gasteiger charge is 2.17. The average molecular weight is 728 g/mol. The lowest BCUT2D eigenvalue weighted by molar-refractivity contribution is 0.262. The summed E-state index contributed by atoms with van der Waals surface area (Å²) in [7, 11) is 1.94. The van der Waals surface area contributed by atoms with Crippen LogP contribution >= 0.6 is 11.3 Å². The van der Waals surface area contributed by atoms with E-state index in [0.717, 1.165) is 61.3 Å². The fourth-order valence-electron chi connectivity index (χ4n) is 6.44. The number of aromatic hydroxyl groups is 1. The summed E-state index contributed by atoms with van der Waals surface area (Å²) < 4.78 is 14.4. The Balaban J connectivity index is 1.04. The van der Waals surface area contributed by atoms with Crippen molar-refractivity contribution in [2.45, 2.75) is 52.6 Å². The Morgan fingerprint density at radius 1 is 0.868 bits per heavy atom. The molecule has 2 heterocycles. The Kier molecular flexibility index (Phi) is 9.92. The van der Waals surface area contributed by atoms with Gasteiger partial charge in [0.05, 0.1) is 21.6 Å². The zero-order valence-electron chi connectivity index (χ0n) is 30.2. The molecule has 5 aromatic carbocycles. The molecule has 0 aliphatic heterocycles. The number of aryl methyl sites for hydroxylation is 1. The maximum atomic E-state index is 13.4. The summed E-state index contributed by atoms with van der Waals surface area (Å²) in [5.41, 5.74) is 6.40. The first kappa shape index (κ1) is 35.3. The summed E-state index contributed by atoms with van der Waals surface area (Å²) in [5, 5.41) is 17.9. The monoisotopic (exact) mass is 727 g/mol. The topological polar surface area (TPSA) is 130 Å². The predicted octanol–water partition coefficient (Wildman–Crippen LogP) is 10.0. The van der Waals surface area contributed by atoms with Crippen LogP contribution in [0.2, 0.25) is 0 Å². The molecule has 0 aliphatic rings. The first-order valence-corrected chi connectivity index (χ1v) is 18.3. The summed E-state index contributed by atoms with van der Waals surface area (Å²) in [4.78, 5) is 32.4. The number of aromatic nitrogens is 3. The maximum Gasteiger partial charge on any atom is 0.323 e. The van der Waals surface area contributed by atoms with E-state index in [9.17, 15) is 14.7 Å². The van der Waals surface area contributed by atoms with Crippen molar-refractivity contribution in [2.24, 2.45) is 7.05 Å². The molecule has 4 N–H and O–H groups in total. The molecule has 53 heavy (non-hydrogen) atoms. The van der Waals surface area contributed by atoms with Gasteiger partial charge in [-0.25, -0.2) is 9.78 Å². The number of benzene rings is 5. The first-order chi connectivity index (χ1) is 25.5. The van der Waals surface area contributed by atoms with Gasteiger partial charge in [-0.3, -0.25) is 9.78 Å². The fourth-order valence-corrected chi connectivity index (χ4v) is 7.20. The zero-order valence-corrected chi connectivity index (χ0v) is 31.0. The third-order valence-corrected chi connectivity index (χ3v) is 10.1. The van der Waals surface area contributed by atoms with E-state index in [-0.39, 0.29) is 35.2 Å². The third kappa shape index (κ3) is 7.75. The number of thiazole rings is 1. The molecule has 2 aromatic heterocycles. The molecule has 10 nitrogen and oxygen atoms in total. The summed E-state index contributed by atoms with van der Waals surface area (Å²) in [6.45, 7) is 8.78. The molecule has 0 saturated carbocycles. The highest BCUT2D eigenvalue weighted by molar-refractivity contribution is 7.09. The van der Waals surface area contributed by atoms with Gasteiger partial charge >= 0.3 is 10.9 Å². The van der Waals surface area contributed by atoms with Gasteiger partial charge in [-0.1, -0.05) is 87.6 Å². The number of amides is 2. The standard InChI is InChI=1S/C42H41N5O5S/c1-24(2)31-9-7-10-32(25(3)4)39(31)45-41(49)44-34-11-6-8-27-14-17-29(21-33(27)34)52-30-18-19-35-36(22-30)47(5)38(43-35)23-51-28-15-12-26(13-16-28)20-37-40(48)46-42(50)53-37/h6-19,21-22,24-25,48H,20,23H2,1-5H3,(H,46,50)(H2,44,45,49). The number of aromatic amines is 1. The number of urea groups is 1. The highest BCUT2D eigenvalue weighted by Crippen LogP contribution is 2.34. The van der Waals surface area contributed by atoms with Crippen molar-refractivity contribution in [3.63, 3.8) is 0 Å². The molecule has 0 fully saturated rings. The molecule has 0 bridgehead atoms. The van der Waals surface area contributed by atoms with E-state index >= 15 is 0 Å². The number of nitrogens with zero attached hydrogens (tertiary/aromatic N) is 2. The van der Waals surface area contributed by atoms with Gasteiger partial charge in [0.25, 0.3) is 0 Å². The minimum Gasteiger partial charge on any atom is -0.494 e. The van der Waals surface area contributed by atoms with Crippen LogP contribution in [0.5, 0.6) is 23.1 Å². The molecule has 0 saturated heterocycles. The third-order valence-electron chi connectivity index (χ3n) is 9.25. The van der Waals surface area contributed by atoms with E-state index in [0.29, 0.717) is 34.2 Å². The second kappa shape index (κ2) is 14.9. The lowest BCUT2D eigenvalue weighted by Gasteiger charge is -2.20. The SMILES string of the molecule is CC(C)c1cccc(C(C)C)c1NC(=O)Nc1cccc2ccc(Oc3ccc4nc(COc5ccc(Cc6sc(=O)[nH]c6O)cc5)n(C)c4c3)cc12. The van der Waals surface area contributed by atoms with Crippen molar-refractivity contribution in [1.29, 1.82) is 0 Å². The van der Waals surface area contributed by atoms with Gasteiger partial charge in [0.2, 0.25) is 5.88 Å². The van der Waals surface area contributed by atoms with E-state index in [1.807, 2.05) is 90.5 Å². The minimum absolute atomic E-state index is 0.0830. The molecule has 7 rings (SSSR count). The second-order valence-electron chi connectivity index (χ2n) is 13.6. The van der Waals surface area contributed by atoms with Gasteiger partial charge in [-0.05, 0) is 76.4 Å². The Hall–Kier alpha value is -6.07. The number of hydrogen-bond acceptors (Lipinski definition) is 7. The smallest absolute Gasteiger partial charge is 0.323 e. The number of anilines is 2. The number of carbonyl (C=O) groups excluding carboxylic acids is 1. The van der Waals surface area contributed by atoms with Crippen molar-refractivity contribution in [3.8, 4) is 23.1 Å². The molecule has 0 spiro atoms. The lowest BCUT2D eigenvalue weighted by atomic mass is 9.93. The fraction of sp³-hybridized carbons (Fsp3) is 0.214. The average Bonchev–Trinajstić information content (AvgIpc) is 3.63. The van der Waals surface area contributed by atoms with Crippen LogP contribution in [-0.4, -0.2) is 25.7 Å². The van der Waals surface area contributed by atoms with Crippen molar-refractivity contribution in [3.05, 3.63) is 134 Å². The first-order valence-electron chi connectivity index (χ1n) is 17.5. The number of carbonyl (C=O) groups is 1. The number of nitrogens with one attached hydrogen (secondary N) is 3. The number of fused-ring (bicyclic) bond motifs is 2. The highest BCUT2D eigenvalue weighted by atomic mass is 32.1. The number of H-pyrrole nitrogens is 1. The molecular weight excluding hydrogens is 687 g/mol. The molecule has 2 amide bonds. The molecule has 11 heteroatoms. The quantitative estimate of drug-likeness (QED) is 0.105. The van der Waals surface area contributed by atoms with Crippen molar-refractivity contribution in [2.75, 3.05) is 10.6 Å². The van der Waals surface area contributed by atoms with Crippen molar-refractivity contribution in [1.82, 2.24) is 14.5 Å². The van der Waals surface area contributed by atoms with Crippen LogP contribution in [0.25, 0.3) is 21.8 Å². The van der Waals surface area contributed by atoms with Crippen molar-refractivity contribution >= 4 is 50.5 Å². The van der Waals surface area contributed by atoms with E-state index in [1.54, 1.807) is 0 Å². The Morgan fingerprint density at radius 2 is 1.55 bits per heavy atom. The van der Waals surface area contributed by atoms with Gasteiger partial charge in [-0.15, -0.1) is 0 Å². The van der Waals surface area contributed by atoms with Gasteiger partial charge < -0.3 is 29.8 Å². The number of para-hydroxylation sites is 1. The van der Waals surface area contributed by atoms with E-state index < -0.39 is 0 Å². The number of hydrogen-bond donors (Lipinski definition) is 4. The lowest BCUT2D eigenvalue weighted by Crippen LogP contribution is -2.22. The van der Waals surface area contributed by atoms with E-state index in [2.05, 4.69) is 61.5 Å². The molecule has 0 radical (unpaired) electrons. The van der Waals surface area contributed by atoms with Crippen LogP contribution < -0.4 is 25.0 Å². The summed E-state index contributed by atoms with van der Waals surface area (Å²) >= 11 is 1.00. The minimum atomic E-state index is -0.300. The molecular formula is C42H41N5O5S. The van der Waals surface area contributed by atoms with Crippen LogP contribution in [-0.2, 0) is 20.1 Å². The van der Waals surface area contributed by atoms with Crippen LogP contribution in [0, 0.1) is 0 Å². The number of rotatable bonds is 11. The number of imidazole rings is 1. The van der Waals surface area contributed by atoms with Crippen LogP contribution in [0.4, 0.5) is 16.2 Å². The Morgan fingerprint density at radius 3 is 2.25 bits per heavy atom. The Labute approximate surface area is 311 Å². The van der Waals surface area contributed by atoms with Gasteiger partial charge in [0, 0.05) is 30.6 Å². The largest absolute Gasteiger partial charge is 0.494 e. The van der Waals surface area contributed by atoms with Crippen LogP contribution in [0.15, 0.2) is 102 Å². The van der Waals surface area contributed by atoms with Crippen LogP contribution in [0.1, 0.15) is 66.9 Å². The molecule has 0 atom stereocenters. The normalized spacial score (nSPS) is 11.5. The van der Waals surface area contributed by atoms with Gasteiger partial charge in [0.1, 0.15) is 29.7 Å².